The highest BCUT2D eigenvalue weighted by atomic mass is 28.3. The Bertz CT molecular complexity index is 176. The molecule has 1 atom stereocenters. The fourth-order valence-electron chi connectivity index (χ4n) is 1.23. The molecule has 0 aliphatic rings. The first-order valence-corrected chi connectivity index (χ1v) is 8.18. The van der Waals surface area contributed by atoms with E-state index in [9.17, 15) is 4.79 Å². The van der Waals surface area contributed by atoms with E-state index >= 15 is 0 Å². The van der Waals surface area contributed by atoms with Gasteiger partial charge >= 0.3 is 0 Å². The van der Waals surface area contributed by atoms with Crippen LogP contribution in [0.3, 0.4) is 0 Å². The van der Waals surface area contributed by atoms with Crippen LogP contribution in [-0.4, -0.2) is 21.4 Å². The van der Waals surface area contributed by atoms with Crippen molar-refractivity contribution in [3.63, 3.8) is 0 Å². The van der Waals surface area contributed by atoms with Crippen LogP contribution in [0.5, 0.6) is 0 Å². The highest BCUT2D eigenvalue weighted by Gasteiger charge is 2.27. The molecule has 0 radical (unpaired) electrons. The molecule has 0 rings (SSSR count). The van der Waals surface area contributed by atoms with Gasteiger partial charge in [-0.1, -0.05) is 27.7 Å². The molecular weight excluding hydrogens is 192 g/mol. The van der Waals surface area contributed by atoms with Gasteiger partial charge in [-0.05, 0) is 30.8 Å². The van der Waals surface area contributed by atoms with E-state index in [4.69, 9.17) is 4.43 Å². The average Bonchev–Trinajstić information content (AvgIpc) is 2.01. The molecule has 0 aromatic heterocycles. The molecule has 0 aliphatic carbocycles. The zero-order chi connectivity index (χ0) is 11.4. The van der Waals surface area contributed by atoms with Gasteiger partial charge in [-0.3, -0.25) is 0 Å². The lowest BCUT2D eigenvalue weighted by Crippen LogP contribution is -2.31. The smallest absolute Gasteiger partial charge is 0.171 e. The van der Waals surface area contributed by atoms with Crippen LogP contribution in [0.1, 0.15) is 34.1 Å². The molecule has 0 saturated heterocycles. The predicted molar refractivity (Wildman–Crippen MR) is 63.1 cm³/mol. The van der Waals surface area contributed by atoms with Crippen molar-refractivity contribution in [2.75, 3.05) is 0 Å². The van der Waals surface area contributed by atoms with E-state index in [-0.39, 0.29) is 11.5 Å². The van der Waals surface area contributed by atoms with Gasteiger partial charge in [0, 0.05) is 0 Å². The molecule has 0 aromatic rings. The molecule has 3 heteroatoms. The normalized spacial score (nSPS) is 14.9. The van der Waals surface area contributed by atoms with Crippen molar-refractivity contribution in [2.45, 2.75) is 53.3 Å². The summed E-state index contributed by atoms with van der Waals surface area (Å²) in [6.45, 7) is 13.0. The highest BCUT2D eigenvalue weighted by Crippen LogP contribution is 2.31. The molecule has 0 aromatic carbocycles. The molecule has 14 heavy (non-hydrogen) atoms. The zero-order valence-corrected chi connectivity index (χ0v) is 11.5. The summed E-state index contributed by atoms with van der Waals surface area (Å²) in [5, 5.41) is 0. The fraction of sp³-hybridized carbons (Fsp3) is 0.909. The molecule has 0 bridgehead atoms. The lowest BCUT2D eigenvalue weighted by molar-refractivity contribution is -0.115. The second-order valence-corrected chi connectivity index (χ2v) is 7.58. The lowest BCUT2D eigenvalue weighted by Gasteiger charge is -2.32. The molecule has 2 nitrogen and oxygen atoms in total. The van der Waals surface area contributed by atoms with Gasteiger partial charge in [-0.25, -0.2) is 0 Å². The SMILES string of the molecule is CC(C)C(C)(C)CC(C=O)O[SiH](C)C. The van der Waals surface area contributed by atoms with Gasteiger partial charge in [0.2, 0.25) is 0 Å². The molecule has 0 amide bonds. The minimum Gasteiger partial charge on any atom is -0.411 e. The number of hydrogen-bond donors (Lipinski definition) is 0. The van der Waals surface area contributed by atoms with Crippen LogP contribution in [0.15, 0.2) is 0 Å². The maximum Gasteiger partial charge on any atom is 0.171 e. The van der Waals surface area contributed by atoms with E-state index in [2.05, 4.69) is 40.8 Å². The van der Waals surface area contributed by atoms with Crippen molar-refractivity contribution < 1.29 is 9.22 Å². The largest absolute Gasteiger partial charge is 0.411 e. The number of rotatable bonds is 6. The molecule has 0 fully saturated rings. The van der Waals surface area contributed by atoms with Crippen LogP contribution >= 0.6 is 0 Å². The van der Waals surface area contributed by atoms with Crippen LogP contribution in [0.4, 0.5) is 0 Å². The predicted octanol–water partition coefficient (Wildman–Crippen LogP) is 2.63. The Balaban J connectivity index is 4.23. The van der Waals surface area contributed by atoms with Gasteiger partial charge in [0.15, 0.2) is 9.04 Å². The first-order valence-electron chi connectivity index (χ1n) is 5.40. The zero-order valence-electron chi connectivity index (χ0n) is 10.3. The van der Waals surface area contributed by atoms with E-state index in [1.165, 1.54) is 0 Å². The van der Waals surface area contributed by atoms with Crippen LogP contribution in [-0.2, 0) is 9.22 Å². The van der Waals surface area contributed by atoms with Crippen LogP contribution in [0.2, 0.25) is 13.1 Å². The van der Waals surface area contributed by atoms with Crippen LogP contribution in [0.25, 0.3) is 0 Å². The standard InChI is InChI=1S/C11H24O2Si/c1-9(2)11(3,4)7-10(8-12)13-14(5)6/h8-10,14H,7H2,1-6H3. The molecule has 0 aliphatic heterocycles. The van der Waals surface area contributed by atoms with Crippen molar-refractivity contribution in [1.82, 2.24) is 0 Å². The number of aldehydes is 1. The monoisotopic (exact) mass is 216 g/mol. The van der Waals surface area contributed by atoms with E-state index in [1.54, 1.807) is 0 Å². The molecule has 1 unspecified atom stereocenters. The lowest BCUT2D eigenvalue weighted by atomic mass is 9.77. The van der Waals surface area contributed by atoms with Crippen molar-refractivity contribution in [3.05, 3.63) is 0 Å². The van der Waals surface area contributed by atoms with E-state index < -0.39 is 9.04 Å². The average molecular weight is 216 g/mol. The van der Waals surface area contributed by atoms with Crippen LogP contribution in [0, 0.1) is 11.3 Å². The first-order chi connectivity index (χ1) is 6.29. The second-order valence-electron chi connectivity index (χ2n) is 5.21. The van der Waals surface area contributed by atoms with Crippen molar-refractivity contribution in [2.24, 2.45) is 11.3 Å². The summed E-state index contributed by atoms with van der Waals surface area (Å²) in [6, 6.07) is 0. The Hall–Kier alpha value is -0.153. The summed E-state index contributed by atoms with van der Waals surface area (Å²) in [5.74, 6) is 0.572. The Morgan fingerprint density at radius 2 is 1.86 bits per heavy atom. The van der Waals surface area contributed by atoms with Gasteiger partial charge in [-0.15, -0.1) is 0 Å². The molecule has 0 spiro atoms. The Labute approximate surface area is 89.8 Å². The second kappa shape index (κ2) is 5.66. The summed E-state index contributed by atoms with van der Waals surface area (Å²) >= 11 is 0. The highest BCUT2D eigenvalue weighted by molar-refractivity contribution is 6.48. The third-order valence-electron chi connectivity index (χ3n) is 2.89. The van der Waals surface area contributed by atoms with E-state index in [1.807, 2.05) is 0 Å². The minimum absolute atomic E-state index is 0.175. The van der Waals surface area contributed by atoms with E-state index in [0.29, 0.717) is 5.92 Å². The Morgan fingerprint density at radius 1 is 1.36 bits per heavy atom. The van der Waals surface area contributed by atoms with Crippen LogP contribution < -0.4 is 0 Å². The summed E-state index contributed by atoms with van der Waals surface area (Å²) in [6.07, 6.45) is 1.59. The minimum atomic E-state index is -1.10. The third kappa shape index (κ3) is 4.91. The Kier molecular flexibility index (Phi) is 5.60. The summed E-state index contributed by atoms with van der Waals surface area (Å²) in [7, 11) is -1.10. The van der Waals surface area contributed by atoms with Gasteiger partial charge in [0.25, 0.3) is 0 Å². The topological polar surface area (TPSA) is 26.3 Å². The van der Waals surface area contributed by atoms with Crippen molar-refractivity contribution >= 4 is 15.3 Å². The summed E-state index contributed by atoms with van der Waals surface area (Å²) in [5.41, 5.74) is 0.175. The molecule has 0 N–H and O–H groups in total. The Morgan fingerprint density at radius 3 is 2.14 bits per heavy atom. The molecule has 0 saturated carbocycles. The fourth-order valence-corrected chi connectivity index (χ4v) is 2.09. The quantitative estimate of drug-likeness (QED) is 0.504. The first kappa shape index (κ1) is 13.8. The number of carbonyl (C=O) groups is 1. The maximum absolute atomic E-state index is 10.8. The molecule has 84 valence electrons. The maximum atomic E-state index is 10.8. The van der Waals surface area contributed by atoms with Gasteiger partial charge in [0.05, 0.1) is 0 Å². The van der Waals surface area contributed by atoms with Gasteiger partial charge < -0.3 is 9.22 Å². The number of hydrogen-bond acceptors (Lipinski definition) is 2. The molecular formula is C11H24O2Si. The van der Waals surface area contributed by atoms with Gasteiger partial charge in [-0.2, -0.15) is 0 Å². The van der Waals surface area contributed by atoms with E-state index in [0.717, 1.165) is 12.7 Å². The van der Waals surface area contributed by atoms with Gasteiger partial charge in [0.1, 0.15) is 12.4 Å². The number of carbonyl (C=O) groups excluding carboxylic acids is 1. The summed E-state index contributed by atoms with van der Waals surface area (Å²) in [4.78, 5) is 10.8. The van der Waals surface area contributed by atoms with Crippen molar-refractivity contribution in [3.8, 4) is 0 Å². The third-order valence-corrected chi connectivity index (χ3v) is 3.78. The summed E-state index contributed by atoms with van der Waals surface area (Å²) < 4.78 is 5.66. The van der Waals surface area contributed by atoms with Crippen molar-refractivity contribution in [1.29, 1.82) is 0 Å². The molecule has 0 heterocycles.